The Morgan fingerprint density at radius 2 is 2.00 bits per heavy atom. The van der Waals surface area contributed by atoms with Crippen molar-refractivity contribution in [2.45, 2.75) is 37.8 Å². The lowest BCUT2D eigenvalue weighted by Gasteiger charge is -2.32. The quantitative estimate of drug-likeness (QED) is 0.636. The molecule has 1 saturated carbocycles. The van der Waals surface area contributed by atoms with Crippen LogP contribution in [0.4, 0.5) is 5.82 Å². The fourth-order valence-corrected chi connectivity index (χ4v) is 3.81. The standard InChI is InChI=1S/C18H20N4O5/c23-17(11-21-10-16(19-12-21)22(24)25)20-18(5-1-2-6-18)13-3-4-14-15(9-13)27-8-7-26-14/h3-4,9-10,12H,1-2,5-8,11H2,(H,20,23). The molecular weight excluding hydrogens is 352 g/mol. The van der Waals surface area contributed by atoms with Gasteiger partial charge in [-0.25, -0.2) is 0 Å². The van der Waals surface area contributed by atoms with Crippen LogP contribution in [0.25, 0.3) is 0 Å². The summed E-state index contributed by atoms with van der Waals surface area (Å²) in [6.07, 6.45) is 6.26. The molecule has 4 rings (SSSR count). The van der Waals surface area contributed by atoms with Gasteiger partial charge in [0.1, 0.15) is 26.0 Å². The van der Waals surface area contributed by atoms with Gasteiger partial charge in [0.2, 0.25) is 12.2 Å². The lowest BCUT2D eigenvalue weighted by molar-refractivity contribution is -0.389. The number of fused-ring (bicyclic) bond motifs is 1. The number of carbonyl (C=O) groups is 1. The minimum atomic E-state index is -0.581. The third-order valence-electron chi connectivity index (χ3n) is 5.06. The zero-order chi connectivity index (χ0) is 18.9. The highest BCUT2D eigenvalue weighted by atomic mass is 16.6. The number of nitrogens with one attached hydrogen (secondary N) is 1. The minimum absolute atomic E-state index is 0.0207. The third kappa shape index (κ3) is 3.44. The van der Waals surface area contributed by atoms with Crippen LogP contribution in [0.15, 0.2) is 30.7 Å². The van der Waals surface area contributed by atoms with Gasteiger partial charge >= 0.3 is 5.82 Å². The first-order chi connectivity index (χ1) is 13.1. The number of aromatic nitrogens is 2. The van der Waals surface area contributed by atoms with Crippen molar-refractivity contribution in [3.63, 3.8) is 0 Å². The van der Waals surface area contributed by atoms with E-state index in [2.05, 4.69) is 10.3 Å². The average Bonchev–Trinajstić information content (AvgIpc) is 3.32. The van der Waals surface area contributed by atoms with Crippen LogP contribution in [0, 0.1) is 10.1 Å². The Balaban J connectivity index is 1.53. The molecular formula is C18H20N4O5. The third-order valence-corrected chi connectivity index (χ3v) is 5.06. The topological polar surface area (TPSA) is 109 Å². The van der Waals surface area contributed by atoms with Crippen LogP contribution in [-0.2, 0) is 16.9 Å². The number of rotatable bonds is 5. The fourth-order valence-electron chi connectivity index (χ4n) is 3.81. The summed E-state index contributed by atoms with van der Waals surface area (Å²) >= 11 is 0. The second-order valence-corrected chi connectivity index (χ2v) is 6.86. The van der Waals surface area contributed by atoms with Crippen molar-refractivity contribution >= 4 is 11.7 Å². The van der Waals surface area contributed by atoms with E-state index in [1.54, 1.807) is 0 Å². The zero-order valence-electron chi connectivity index (χ0n) is 14.7. The summed E-state index contributed by atoms with van der Waals surface area (Å²) in [4.78, 5) is 26.5. The second-order valence-electron chi connectivity index (χ2n) is 6.86. The summed E-state index contributed by atoms with van der Waals surface area (Å²) < 4.78 is 12.7. The van der Waals surface area contributed by atoms with Gasteiger partial charge in [0.05, 0.1) is 5.54 Å². The summed E-state index contributed by atoms with van der Waals surface area (Å²) in [5.74, 6) is 0.934. The molecule has 9 heteroatoms. The molecule has 142 valence electrons. The van der Waals surface area contributed by atoms with E-state index in [1.807, 2.05) is 18.2 Å². The van der Waals surface area contributed by atoms with Crippen LogP contribution in [0.3, 0.4) is 0 Å². The van der Waals surface area contributed by atoms with Gasteiger partial charge in [-0.2, -0.15) is 0 Å². The minimum Gasteiger partial charge on any atom is -0.486 e. The van der Waals surface area contributed by atoms with E-state index in [9.17, 15) is 14.9 Å². The fraction of sp³-hybridized carbons (Fsp3) is 0.444. The first kappa shape index (κ1) is 17.3. The van der Waals surface area contributed by atoms with Crippen LogP contribution in [0.1, 0.15) is 31.2 Å². The smallest absolute Gasteiger partial charge is 0.381 e. The Kier molecular flexibility index (Phi) is 4.43. The Labute approximate surface area is 155 Å². The van der Waals surface area contributed by atoms with Crippen molar-refractivity contribution in [3.05, 3.63) is 46.4 Å². The summed E-state index contributed by atoms with van der Waals surface area (Å²) in [7, 11) is 0. The lowest BCUT2D eigenvalue weighted by Crippen LogP contribution is -2.45. The van der Waals surface area contributed by atoms with Gasteiger partial charge in [0.25, 0.3) is 0 Å². The molecule has 1 aliphatic heterocycles. The highest BCUT2D eigenvalue weighted by Gasteiger charge is 2.38. The van der Waals surface area contributed by atoms with Crippen LogP contribution in [-0.4, -0.2) is 33.6 Å². The van der Waals surface area contributed by atoms with Crippen molar-refractivity contribution in [3.8, 4) is 11.5 Å². The SMILES string of the molecule is O=C(Cn1cnc([N+](=O)[O-])c1)NC1(c2ccc3c(c2)OCCO3)CCCC1. The van der Waals surface area contributed by atoms with E-state index >= 15 is 0 Å². The highest BCUT2D eigenvalue weighted by molar-refractivity contribution is 5.77. The Morgan fingerprint density at radius 1 is 1.26 bits per heavy atom. The van der Waals surface area contributed by atoms with E-state index in [1.165, 1.54) is 17.1 Å². The van der Waals surface area contributed by atoms with Gasteiger partial charge in [-0.05, 0) is 40.4 Å². The summed E-state index contributed by atoms with van der Waals surface area (Å²) in [5.41, 5.74) is 0.536. The molecule has 1 aliphatic carbocycles. The molecule has 0 radical (unpaired) electrons. The van der Waals surface area contributed by atoms with Gasteiger partial charge < -0.3 is 29.5 Å². The van der Waals surface area contributed by atoms with Crippen molar-refractivity contribution in [1.82, 2.24) is 14.9 Å². The maximum atomic E-state index is 12.6. The Morgan fingerprint density at radius 3 is 2.70 bits per heavy atom. The summed E-state index contributed by atoms with van der Waals surface area (Å²) in [5, 5.41) is 13.9. The number of carbonyl (C=O) groups excluding carboxylic acids is 1. The highest BCUT2D eigenvalue weighted by Crippen LogP contribution is 2.42. The lowest BCUT2D eigenvalue weighted by atomic mass is 9.87. The van der Waals surface area contributed by atoms with Crippen molar-refractivity contribution in [2.75, 3.05) is 13.2 Å². The van der Waals surface area contributed by atoms with E-state index < -0.39 is 10.5 Å². The van der Waals surface area contributed by atoms with Gasteiger partial charge in [-0.1, -0.05) is 18.9 Å². The van der Waals surface area contributed by atoms with Crippen molar-refractivity contribution in [2.24, 2.45) is 0 Å². The van der Waals surface area contributed by atoms with Crippen LogP contribution in [0.5, 0.6) is 11.5 Å². The molecule has 0 saturated heterocycles. The number of hydrogen-bond donors (Lipinski definition) is 1. The number of ether oxygens (including phenoxy) is 2. The van der Waals surface area contributed by atoms with Crippen molar-refractivity contribution in [1.29, 1.82) is 0 Å². The molecule has 0 bridgehead atoms. The Hall–Kier alpha value is -3.10. The number of amides is 1. The number of benzene rings is 1. The predicted molar refractivity (Wildman–Crippen MR) is 94.6 cm³/mol. The molecule has 2 heterocycles. The summed E-state index contributed by atoms with van der Waals surface area (Å²) in [6.45, 7) is 1.02. The van der Waals surface area contributed by atoms with Crippen LogP contribution in [0.2, 0.25) is 0 Å². The molecule has 27 heavy (non-hydrogen) atoms. The monoisotopic (exact) mass is 372 g/mol. The molecule has 1 aromatic carbocycles. The molecule has 0 spiro atoms. The summed E-state index contributed by atoms with van der Waals surface area (Å²) in [6, 6.07) is 5.80. The number of nitrogens with zero attached hydrogens (tertiary/aromatic N) is 3. The van der Waals surface area contributed by atoms with Crippen molar-refractivity contribution < 1.29 is 19.2 Å². The first-order valence-corrected chi connectivity index (χ1v) is 8.93. The maximum absolute atomic E-state index is 12.6. The molecule has 1 N–H and O–H groups in total. The molecule has 9 nitrogen and oxygen atoms in total. The molecule has 2 aliphatic rings. The number of nitro groups is 1. The molecule has 1 fully saturated rings. The van der Waals surface area contributed by atoms with Crippen LogP contribution >= 0.6 is 0 Å². The predicted octanol–water partition coefficient (Wildman–Crippen LogP) is 2.15. The van der Waals surface area contributed by atoms with Gasteiger partial charge in [-0.3, -0.25) is 4.79 Å². The average molecular weight is 372 g/mol. The normalized spacial score (nSPS) is 17.5. The number of imidazole rings is 1. The molecule has 1 amide bonds. The maximum Gasteiger partial charge on any atom is 0.381 e. The zero-order valence-corrected chi connectivity index (χ0v) is 14.7. The molecule has 0 unspecified atom stereocenters. The van der Waals surface area contributed by atoms with Gasteiger partial charge in [0.15, 0.2) is 11.5 Å². The van der Waals surface area contributed by atoms with E-state index in [4.69, 9.17) is 9.47 Å². The Bertz CT molecular complexity index is 872. The molecule has 1 aromatic heterocycles. The van der Waals surface area contributed by atoms with Gasteiger partial charge in [0, 0.05) is 0 Å². The van der Waals surface area contributed by atoms with Gasteiger partial charge in [-0.15, -0.1) is 0 Å². The van der Waals surface area contributed by atoms with Crippen LogP contribution < -0.4 is 14.8 Å². The molecule has 2 aromatic rings. The van der Waals surface area contributed by atoms with E-state index in [-0.39, 0.29) is 18.3 Å². The number of hydrogen-bond acceptors (Lipinski definition) is 6. The first-order valence-electron chi connectivity index (χ1n) is 8.93. The van der Waals surface area contributed by atoms with E-state index in [0.717, 1.165) is 37.0 Å². The molecule has 0 atom stereocenters. The largest absolute Gasteiger partial charge is 0.486 e. The van der Waals surface area contributed by atoms with E-state index in [0.29, 0.717) is 19.0 Å². The second kappa shape index (κ2) is 6.90.